The van der Waals surface area contributed by atoms with Crippen LogP contribution in [0.15, 0.2) is 12.4 Å². The Morgan fingerprint density at radius 3 is 2.76 bits per heavy atom. The van der Waals surface area contributed by atoms with Crippen LogP contribution in [0.4, 0.5) is 5.82 Å². The van der Waals surface area contributed by atoms with Gasteiger partial charge < -0.3 is 4.90 Å². The molecule has 1 aromatic heterocycles. The number of nitriles is 1. The summed E-state index contributed by atoms with van der Waals surface area (Å²) in [5.41, 5.74) is 0.314. The van der Waals surface area contributed by atoms with E-state index in [4.69, 9.17) is 5.26 Å². The second-order valence-corrected chi connectivity index (χ2v) is 6.81. The molecule has 2 heterocycles. The summed E-state index contributed by atoms with van der Waals surface area (Å²) in [6.07, 6.45) is 3.07. The summed E-state index contributed by atoms with van der Waals surface area (Å²) in [4.78, 5) is 10.3. The molecule has 1 aliphatic heterocycles. The molecule has 2 rings (SSSR count). The van der Waals surface area contributed by atoms with Gasteiger partial charge in [0.1, 0.15) is 11.9 Å². The van der Waals surface area contributed by atoms with Crippen LogP contribution in [0.1, 0.15) is 19.5 Å². The highest BCUT2D eigenvalue weighted by molar-refractivity contribution is 7.86. The maximum atomic E-state index is 11.8. The van der Waals surface area contributed by atoms with Gasteiger partial charge >= 0.3 is 0 Å². The molecule has 90 valence electrons. The quantitative estimate of drug-likeness (QED) is 0.733. The lowest BCUT2D eigenvalue weighted by Gasteiger charge is -2.37. The van der Waals surface area contributed by atoms with Crippen LogP contribution in [-0.4, -0.2) is 37.8 Å². The van der Waals surface area contributed by atoms with Crippen molar-refractivity contribution in [2.24, 2.45) is 0 Å². The SMILES string of the molecule is CC1(C)CN(c2cnc(C#N)cn2)CCS1=O. The lowest BCUT2D eigenvalue weighted by atomic mass is 10.2. The highest BCUT2D eigenvalue weighted by Crippen LogP contribution is 2.23. The molecular weight excluding hydrogens is 236 g/mol. The molecule has 1 fully saturated rings. The molecule has 0 aliphatic carbocycles. The first-order chi connectivity index (χ1) is 8.03. The highest BCUT2D eigenvalue weighted by atomic mass is 32.2. The van der Waals surface area contributed by atoms with Crippen molar-refractivity contribution in [2.45, 2.75) is 18.6 Å². The molecule has 17 heavy (non-hydrogen) atoms. The molecule has 0 amide bonds. The molecule has 1 atom stereocenters. The van der Waals surface area contributed by atoms with Crippen LogP contribution < -0.4 is 4.90 Å². The number of anilines is 1. The summed E-state index contributed by atoms with van der Waals surface area (Å²) in [6, 6.07) is 1.94. The van der Waals surface area contributed by atoms with Crippen molar-refractivity contribution in [3.8, 4) is 6.07 Å². The Morgan fingerprint density at radius 1 is 1.47 bits per heavy atom. The number of rotatable bonds is 1. The first-order valence-corrected chi connectivity index (χ1v) is 6.70. The van der Waals surface area contributed by atoms with Crippen molar-refractivity contribution >= 4 is 16.6 Å². The van der Waals surface area contributed by atoms with E-state index in [1.807, 2.05) is 19.9 Å². The van der Waals surface area contributed by atoms with Crippen molar-refractivity contribution in [2.75, 3.05) is 23.7 Å². The van der Waals surface area contributed by atoms with Crippen LogP contribution >= 0.6 is 0 Å². The molecule has 0 aromatic carbocycles. The summed E-state index contributed by atoms with van der Waals surface area (Å²) in [5.74, 6) is 1.39. The van der Waals surface area contributed by atoms with Gasteiger partial charge in [-0.15, -0.1) is 0 Å². The number of hydrogen-bond acceptors (Lipinski definition) is 5. The van der Waals surface area contributed by atoms with Crippen molar-refractivity contribution in [1.82, 2.24) is 9.97 Å². The molecule has 0 radical (unpaired) electrons. The van der Waals surface area contributed by atoms with E-state index in [1.54, 1.807) is 6.20 Å². The second kappa shape index (κ2) is 4.41. The fourth-order valence-electron chi connectivity index (χ4n) is 1.82. The average molecular weight is 250 g/mol. The number of nitrogens with zero attached hydrogens (tertiary/aromatic N) is 4. The Bertz CT molecular complexity index is 477. The van der Waals surface area contributed by atoms with Gasteiger partial charge in [-0.2, -0.15) is 5.26 Å². The monoisotopic (exact) mass is 250 g/mol. The Kier molecular flexibility index (Phi) is 3.11. The minimum Gasteiger partial charge on any atom is -0.353 e. The smallest absolute Gasteiger partial charge is 0.158 e. The lowest BCUT2D eigenvalue weighted by Crippen LogP contribution is -2.50. The Balaban J connectivity index is 2.18. The first-order valence-electron chi connectivity index (χ1n) is 5.38. The van der Waals surface area contributed by atoms with Gasteiger partial charge in [0.15, 0.2) is 5.69 Å². The van der Waals surface area contributed by atoms with E-state index in [1.165, 1.54) is 6.20 Å². The third kappa shape index (κ3) is 2.44. The number of hydrogen-bond donors (Lipinski definition) is 0. The zero-order chi connectivity index (χ0) is 12.5. The summed E-state index contributed by atoms with van der Waals surface area (Å²) in [7, 11) is -0.793. The maximum absolute atomic E-state index is 11.8. The van der Waals surface area contributed by atoms with Gasteiger partial charge in [0, 0.05) is 29.6 Å². The fourth-order valence-corrected chi connectivity index (χ4v) is 3.06. The molecular formula is C11H14N4OS. The topological polar surface area (TPSA) is 69.9 Å². The van der Waals surface area contributed by atoms with Crippen LogP contribution in [0.3, 0.4) is 0 Å². The third-order valence-corrected chi connectivity index (χ3v) is 4.73. The van der Waals surface area contributed by atoms with Gasteiger partial charge in [-0.3, -0.25) is 4.21 Å². The summed E-state index contributed by atoms with van der Waals surface area (Å²) < 4.78 is 11.6. The summed E-state index contributed by atoms with van der Waals surface area (Å²) >= 11 is 0. The molecule has 1 saturated heterocycles. The minimum absolute atomic E-state index is 0.228. The van der Waals surface area contributed by atoms with Gasteiger partial charge in [0.05, 0.1) is 17.1 Å². The van der Waals surface area contributed by atoms with Gasteiger partial charge in [0.25, 0.3) is 0 Å². The zero-order valence-electron chi connectivity index (χ0n) is 9.88. The van der Waals surface area contributed by atoms with Crippen LogP contribution in [0.5, 0.6) is 0 Å². The number of aromatic nitrogens is 2. The van der Waals surface area contributed by atoms with Gasteiger partial charge in [0.2, 0.25) is 0 Å². The summed E-state index contributed by atoms with van der Waals surface area (Å²) in [6.45, 7) is 5.40. The van der Waals surface area contributed by atoms with Gasteiger partial charge in [-0.05, 0) is 13.8 Å². The zero-order valence-corrected chi connectivity index (χ0v) is 10.7. The second-order valence-electron chi connectivity index (χ2n) is 4.60. The maximum Gasteiger partial charge on any atom is 0.158 e. The molecule has 1 aliphatic rings. The van der Waals surface area contributed by atoms with Crippen molar-refractivity contribution in [3.63, 3.8) is 0 Å². The Hall–Kier alpha value is -1.48. The largest absolute Gasteiger partial charge is 0.353 e. The van der Waals surface area contributed by atoms with Crippen molar-refractivity contribution < 1.29 is 4.21 Å². The van der Waals surface area contributed by atoms with E-state index in [9.17, 15) is 4.21 Å². The highest BCUT2D eigenvalue weighted by Gasteiger charge is 2.33. The lowest BCUT2D eigenvalue weighted by molar-refractivity contribution is 0.586. The molecule has 0 saturated carbocycles. The molecule has 1 unspecified atom stereocenters. The Labute approximate surface area is 103 Å². The van der Waals surface area contributed by atoms with Gasteiger partial charge in [-0.1, -0.05) is 0 Å². The predicted octanol–water partition coefficient (Wildman–Crippen LogP) is 0.696. The van der Waals surface area contributed by atoms with Crippen LogP contribution in [-0.2, 0) is 10.8 Å². The van der Waals surface area contributed by atoms with E-state index in [0.717, 1.165) is 12.4 Å². The van der Waals surface area contributed by atoms with E-state index in [2.05, 4.69) is 14.9 Å². The fraction of sp³-hybridized carbons (Fsp3) is 0.545. The molecule has 0 spiro atoms. The molecule has 5 nitrogen and oxygen atoms in total. The first kappa shape index (κ1) is 12.0. The summed E-state index contributed by atoms with van der Waals surface area (Å²) in [5, 5.41) is 8.65. The van der Waals surface area contributed by atoms with Crippen molar-refractivity contribution in [3.05, 3.63) is 18.1 Å². The molecule has 1 aromatic rings. The minimum atomic E-state index is -0.793. The normalized spacial score (nSPS) is 23.1. The molecule has 0 bridgehead atoms. The van der Waals surface area contributed by atoms with E-state index < -0.39 is 10.8 Å². The van der Waals surface area contributed by atoms with Crippen LogP contribution in [0.25, 0.3) is 0 Å². The van der Waals surface area contributed by atoms with Gasteiger partial charge in [-0.25, -0.2) is 9.97 Å². The van der Waals surface area contributed by atoms with E-state index in [0.29, 0.717) is 18.0 Å². The third-order valence-electron chi connectivity index (χ3n) is 2.81. The molecule has 6 heteroatoms. The Morgan fingerprint density at radius 2 is 2.24 bits per heavy atom. The standard InChI is InChI=1S/C11H14N4OS/c1-11(2)8-15(3-4-17(11)16)10-7-13-9(5-12)6-14-10/h6-7H,3-4,8H2,1-2H3. The average Bonchev–Trinajstić information content (AvgIpc) is 2.33. The van der Waals surface area contributed by atoms with E-state index in [-0.39, 0.29) is 4.75 Å². The predicted molar refractivity (Wildman–Crippen MR) is 66.0 cm³/mol. The van der Waals surface area contributed by atoms with Crippen LogP contribution in [0.2, 0.25) is 0 Å². The van der Waals surface area contributed by atoms with Crippen molar-refractivity contribution in [1.29, 1.82) is 5.26 Å². The van der Waals surface area contributed by atoms with Crippen LogP contribution in [0, 0.1) is 11.3 Å². The van der Waals surface area contributed by atoms with E-state index >= 15 is 0 Å². The molecule has 0 N–H and O–H groups in total.